The summed E-state index contributed by atoms with van der Waals surface area (Å²) >= 11 is 0. The second-order valence-corrected chi connectivity index (χ2v) is 2.86. The zero-order chi connectivity index (χ0) is 9.30. The smallest absolute Gasteiger partial charge is 0.142 e. The van der Waals surface area contributed by atoms with Crippen LogP contribution in [-0.4, -0.2) is 5.11 Å². The zero-order valence-electron chi connectivity index (χ0n) is 7.39. The van der Waals surface area contributed by atoms with Crippen molar-refractivity contribution in [2.24, 2.45) is 0 Å². The lowest BCUT2D eigenvalue weighted by Crippen LogP contribution is -1.99. The summed E-state index contributed by atoms with van der Waals surface area (Å²) in [5.41, 5.74) is 14.0. The van der Waals surface area contributed by atoms with Gasteiger partial charge in [-0.15, -0.1) is 0 Å². The molecule has 0 aliphatic rings. The van der Waals surface area contributed by atoms with Crippen LogP contribution in [-0.2, 0) is 6.42 Å². The molecular weight excluding hydrogens is 152 g/mol. The summed E-state index contributed by atoms with van der Waals surface area (Å²) in [7, 11) is 0. The molecule has 0 fully saturated rings. The van der Waals surface area contributed by atoms with Crippen LogP contribution < -0.4 is 11.5 Å². The van der Waals surface area contributed by atoms with Gasteiger partial charge < -0.3 is 16.6 Å². The standard InChI is InChI=1S/C9H14N2O/c1-3-6-5(2)7(10)4-8(11)9(6)12/h4,12H,3,10-11H2,1-2H3. The maximum atomic E-state index is 9.52. The maximum absolute atomic E-state index is 9.52. The summed E-state index contributed by atoms with van der Waals surface area (Å²) in [4.78, 5) is 0. The van der Waals surface area contributed by atoms with Gasteiger partial charge in [-0.25, -0.2) is 0 Å². The number of benzene rings is 1. The molecule has 0 aromatic heterocycles. The summed E-state index contributed by atoms with van der Waals surface area (Å²) in [5.74, 6) is 0.171. The minimum absolute atomic E-state index is 0.171. The number of hydrogen-bond acceptors (Lipinski definition) is 3. The molecular formula is C9H14N2O. The molecule has 3 heteroatoms. The van der Waals surface area contributed by atoms with Gasteiger partial charge in [0.1, 0.15) is 5.75 Å². The molecule has 1 aromatic carbocycles. The molecule has 1 aromatic rings. The minimum Gasteiger partial charge on any atom is -0.505 e. The molecule has 0 radical (unpaired) electrons. The Hall–Kier alpha value is -1.38. The molecule has 0 heterocycles. The Labute approximate surface area is 72.0 Å². The number of hydrogen-bond donors (Lipinski definition) is 3. The van der Waals surface area contributed by atoms with Crippen molar-refractivity contribution in [3.63, 3.8) is 0 Å². The highest BCUT2D eigenvalue weighted by atomic mass is 16.3. The van der Waals surface area contributed by atoms with E-state index in [9.17, 15) is 5.11 Å². The molecule has 0 bridgehead atoms. The summed E-state index contributed by atoms with van der Waals surface area (Å²) in [6, 6.07) is 1.59. The van der Waals surface area contributed by atoms with E-state index in [1.54, 1.807) is 6.07 Å². The van der Waals surface area contributed by atoms with E-state index in [0.29, 0.717) is 11.4 Å². The molecule has 0 amide bonds. The quantitative estimate of drug-likeness (QED) is 0.335. The van der Waals surface area contributed by atoms with Crippen molar-refractivity contribution >= 4 is 11.4 Å². The number of nitrogen functional groups attached to an aromatic ring is 2. The van der Waals surface area contributed by atoms with Gasteiger partial charge in [0.25, 0.3) is 0 Å². The van der Waals surface area contributed by atoms with Crippen LogP contribution in [0.5, 0.6) is 5.75 Å². The van der Waals surface area contributed by atoms with Crippen molar-refractivity contribution in [1.29, 1.82) is 0 Å². The molecule has 0 atom stereocenters. The van der Waals surface area contributed by atoms with E-state index in [-0.39, 0.29) is 5.75 Å². The second kappa shape index (κ2) is 2.93. The monoisotopic (exact) mass is 166 g/mol. The maximum Gasteiger partial charge on any atom is 0.142 e. The number of phenols is 1. The second-order valence-electron chi connectivity index (χ2n) is 2.86. The summed E-state index contributed by atoms with van der Waals surface area (Å²) in [6.45, 7) is 3.84. The first-order valence-corrected chi connectivity index (χ1v) is 3.94. The summed E-state index contributed by atoms with van der Waals surface area (Å²) in [6.07, 6.45) is 0.743. The molecule has 0 saturated carbocycles. The lowest BCUT2D eigenvalue weighted by molar-refractivity contribution is 0.471. The third-order valence-corrected chi connectivity index (χ3v) is 2.11. The van der Waals surface area contributed by atoms with Gasteiger partial charge in [-0.3, -0.25) is 0 Å². The topological polar surface area (TPSA) is 72.3 Å². The largest absolute Gasteiger partial charge is 0.505 e. The average Bonchev–Trinajstić information content (AvgIpc) is 2.02. The fourth-order valence-electron chi connectivity index (χ4n) is 1.30. The SMILES string of the molecule is CCc1c(C)c(N)cc(N)c1O. The highest BCUT2D eigenvalue weighted by Gasteiger charge is 2.09. The van der Waals surface area contributed by atoms with Crippen molar-refractivity contribution in [2.75, 3.05) is 11.5 Å². The van der Waals surface area contributed by atoms with E-state index < -0.39 is 0 Å². The number of phenolic OH excluding ortho intramolecular Hbond substituents is 1. The van der Waals surface area contributed by atoms with E-state index in [2.05, 4.69) is 0 Å². The van der Waals surface area contributed by atoms with Crippen LogP contribution in [0.2, 0.25) is 0 Å². The van der Waals surface area contributed by atoms with Crippen LogP contribution in [0.1, 0.15) is 18.1 Å². The van der Waals surface area contributed by atoms with Gasteiger partial charge >= 0.3 is 0 Å². The summed E-state index contributed by atoms with van der Waals surface area (Å²) < 4.78 is 0. The van der Waals surface area contributed by atoms with Crippen LogP contribution >= 0.6 is 0 Å². The van der Waals surface area contributed by atoms with E-state index in [1.165, 1.54) is 0 Å². The molecule has 3 nitrogen and oxygen atoms in total. The molecule has 0 saturated heterocycles. The molecule has 66 valence electrons. The molecule has 0 aliphatic carbocycles. The fourth-order valence-corrected chi connectivity index (χ4v) is 1.30. The number of anilines is 2. The van der Waals surface area contributed by atoms with Crippen LogP contribution in [0.25, 0.3) is 0 Å². The summed E-state index contributed by atoms with van der Waals surface area (Å²) in [5, 5.41) is 9.52. The van der Waals surface area contributed by atoms with Crippen molar-refractivity contribution < 1.29 is 5.11 Å². The Morgan fingerprint density at radius 3 is 2.42 bits per heavy atom. The molecule has 0 spiro atoms. The first kappa shape index (κ1) is 8.71. The lowest BCUT2D eigenvalue weighted by atomic mass is 10.0. The highest BCUT2D eigenvalue weighted by Crippen LogP contribution is 2.32. The van der Waals surface area contributed by atoms with Crippen molar-refractivity contribution in [3.8, 4) is 5.75 Å². The van der Waals surface area contributed by atoms with Crippen LogP contribution in [0, 0.1) is 6.92 Å². The molecule has 0 aliphatic heterocycles. The Bertz CT molecular complexity index is 282. The molecule has 5 N–H and O–H groups in total. The van der Waals surface area contributed by atoms with Gasteiger partial charge in [-0.1, -0.05) is 6.92 Å². The zero-order valence-corrected chi connectivity index (χ0v) is 7.39. The third-order valence-electron chi connectivity index (χ3n) is 2.11. The van der Waals surface area contributed by atoms with E-state index >= 15 is 0 Å². The normalized spacial score (nSPS) is 10.2. The first-order valence-electron chi connectivity index (χ1n) is 3.94. The Morgan fingerprint density at radius 1 is 1.33 bits per heavy atom. The van der Waals surface area contributed by atoms with Gasteiger partial charge in [0.2, 0.25) is 0 Å². The predicted molar refractivity (Wildman–Crippen MR) is 51.0 cm³/mol. The molecule has 12 heavy (non-hydrogen) atoms. The van der Waals surface area contributed by atoms with Crippen molar-refractivity contribution in [2.45, 2.75) is 20.3 Å². The predicted octanol–water partition coefficient (Wildman–Crippen LogP) is 1.43. The number of nitrogens with two attached hydrogens (primary N) is 2. The van der Waals surface area contributed by atoms with E-state index in [1.807, 2.05) is 13.8 Å². The Kier molecular flexibility index (Phi) is 2.13. The van der Waals surface area contributed by atoms with Crippen LogP contribution in [0.4, 0.5) is 11.4 Å². The first-order chi connectivity index (χ1) is 5.57. The van der Waals surface area contributed by atoms with Gasteiger partial charge in [-0.05, 0) is 25.0 Å². The van der Waals surface area contributed by atoms with Crippen LogP contribution in [0.15, 0.2) is 6.07 Å². The number of rotatable bonds is 1. The average molecular weight is 166 g/mol. The highest BCUT2D eigenvalue weighted by molar-refractivity contribution is 5.68. The van der Waals surface area contributed by atoms with Gasteiger partial charge in [0, 0.05) is 11.3 Å². The number of aromatic hydroxyl groups is 1. The van der Waals surface area contributed by atoms with Crippen LogP contribution in [0.3, 0.4) is 0 Å². The lowest BCUT2D eigenvalue weighted by Gasteiger charge is -2.10. The van der Waals surface area contributed by atoms with Gasteiger partial charge in [0.05, 0.1) is 5.69 Å². The van der Waals surface area contributed by atoms with Gasteiger partial charge in [0.15, 0.2) is 0 Å². The minimum atomic E-state index is 0.171. The third kappa shape index (κ3) is 1.18. The van der Waals surface area contributed by atoms with Crippen molar-refractivity contribution in [1.82, 2.24) is 0 Å². The molecule has 0 unspecified atom stereocenters. The fraction of sp³-hybridized carbons (Fsp3) is 0.333. The Morgan fingerprint density at radius 2 is 1.92 bits per heavy atom. The van der Waals surface area contributed by atoms with Gasteiger partial charge in [-0.2, -0.15) is 0 Å². The van der Waals surface area contributed by atoms with Crippen molar-refractivity contribution in [3.05, 3.63) is 17.2 Å². The van der Waals surface area contributed by atoms with E-state index in [4.69, 9.17) is 11.5 Å². The Balaban J connectivity index is 3.42. The molecule has 1 rings (SSSR count). The van der Waals surface area contributed by atoms with E-state index in [0.717, 1.165) is 17.5 Å².